The molecule has 1 atom stereocenters. The predicted octanol–water partition coefficient (Wildman–Crippen LogP) is 2.26. The number of para-hydroxylation sites is 1. The summed E-state index contributed by atoms with van der Waals surface area (Å²) in [6.07, 6.45) is 2.04. The van der Waals surface area contributed by atoms with E-state index in [9.17, 15) is 9.90 Å². The summed E-state index contributed by atoms with van der Waals surface area (Å²) in [5, 5.41) is 11.4. The number of aliphatic hydroxyl groups is 1. The first-order chi connectivity index (χ1) is 11.8. The number of aliphatic hydroxyl groups excluding tert-OH is 1. The van der Waals surface area contributed by atoms with Gasteiger partial charge in [-0.25, -0.2) is 0 Å². The van der Waals surface area contributed by atoms with Crippen molar-refractivity contribution in [1.29, 1.82) is 0 Å². The van der Waals surface area contributed by atoms with Crippen LogP contribution >= 0.6 is 0 Å². The lowest BCUT2D eigenvalue weighted by Gasteiger charge is -2.38. The number of nitrogens with zero attached hydrogens (tertiary/aromatic N) is 2. The largest absolute Gasteiger partial charge is 0.391 e. The normalized spacial score (nSPS) is 17.8. The number of piperazine rings is 1. The van der Waals surface area contributed by atoms with Crippen molar-refractivity contribution < 1.29 is 9.90 Å². The lowest BCUT2D eigenvalue weighted by Crippen LogP contribution is -2.52. The number of carbonyl (C=O) groups excluding carboxylic acids is 1. The van der Waals surface area contributed by atoms with Gasteiger partial charge in [0, 0.05) is 49.8 Å². The number of hydrogen-bond donors (Lipinski definition) is 2. The molecule has 1 saturated heterocycles. The molecule has 1 aliphatic heterocycles. The van der Waals surface area contributed by atoms with Gasteiger partial charge < -0.3 is 15.0 Å². The maximum absolute atomic E-state index is 12.6. The van der Waals surface area contributed by atoms with Gasteiger partial charge in [-0.1, -0.05) is 39.0 Å². The zero-order chi connectivity index (χ0) is 18.0. The molecule has 1 aromatic carbocycles. The van der Waals surface area contributed by atoms with Crippen molar-refractivity contribution >= 4 is 16.8 Å². The maximum Gasteiger partial charge on any atom is 0.227 e. The topological polar surface area (TPSA) is 59.6 Å². The Balaban J connectivity index is 1.53. The van der Waals surface area contributed by atoms with Gasteiger partial charge in [0.2, 0.25) is 5.91 Å². The second-order valence-electron chi connectivity index (χ2n) is 8.10. The van der Waals surface area contributed by atoms with Crippen LogP contribution < -0.4 is 0 Å². The number of aromatic amines is 1. The quantitative estimate of drug-likeness (QED) is 0.895. The second-order valence-corrected chi connectivity index (χ2v) is 8.10. The minimum absolute atomic E-state index is 0.109. The molecule has 0 bridgehead atoms. The minimum atomic E-state index is -0.346. The number of nitrogens with one attached hydrogen (secondary N) is 1. The monoisotopic (exact) mass is 343 g/mol. The lowest BCUT2D eigenvalue weighted by atomic mass is 9.89. The van der Waals surface area contributed by atoms with E-state index in [1.807, 2.05) is 29.3 Å². The fourth-order valence-corrected chi connectivity index (χ4v) is 3.25. The Morgan fingerprint density at radius 3 is 2.56 bits per heavy atom. The summed E-state index contributed by atoms with van der Waals surface area (Å²) in [4.78, 5) is 20.1. The third-order valence-electron chi connectivity index (χ3n) is 5.17. The molecule has 1 amide bonds. The number of hydrogen-bond acceptors (Lipinski definition) is 3. The van der Waals surface area contributed by atoms with E-state index in [0.29, 0.717) is 13.0 Å². The molecule has 0 radical (unpaired) electrons. The van der Waals surface area contributed by atoms with Gasteiger partial charge in [-0.15, -0.1) is 0 Å². The average Bonchev–Trinajstić information content (AvgIpc) is 2.98. The molecule has 2 N–H and O–H groups in total. The van der Waals surface area contributed by atoms with Crippen LogP contribution in [0, 0.1) is 5.41 Å². The van der Waals surface area contributed by atoms with Crippen LogP contribution in [0.2, 0.25) is 0 Å². The highest BCUT2D eigenvalue weighted by Crippen LogP contribution is 2.21. The molecular formula is C20H29N3O2. The Bertz CT molecular complexity index is 724. The fraction of sp³-hybridized carbons (Fsp3) is 0.550. The summed E-state index contributed by atoms with van der Waals surface area (Å²) in [5.41, 5.74) is 2.03. The molecule has 25 heavy (non-hydrogen) atoms. The van der Waals surface area contributed by atoms with Crippen molar-refractivity contribution in [2.45, 2.75) is 33.3 Å². The number of benzene rings is 1. The second kappa shape index (κ2) is 7.18. The van der Waals surface area contributed by atoms with Gasteiger partial charge in [0.15, 0.2) is 0 Å². The number of carbonyl (C=O) groups is 1. The Hall–Kier alpha value is -1.85. The van der Waals surface area contributed by atoms with Crippen molar-refractivity contribution in [3.05, 3.63) is 36.0 Å². The van der Waals surface area contributed by atoms with Gasteiger partial charge in [-0.3, -0.25) is 9.69 Å². The van der Waals surface area contributed by atoms with Gasteiger partial charge in [-0.05, 0) is 17.0 Å². The van der Waals surface area contributed by atoms with Crippen LogP contribution in [0.25, 0.3) is 10.9 Å². The Labute approximate surface area is 149 Å². The Morgan fingerprint density at radius 1 is 1.20 bits per heavy atom. The third-order valence-corrected chi connectivity index (χ3v) is 5.17. The molecule has 0 saturated carbocycles. The molecule has 0 unspecified atom stereocenters. The van der Waals surface area contributed by atoms with Crippen LogP contribution in [0.4, 0.5) is 0 Å². The number of amides is 1. The summed E-state index contributed by atoms with van der Waals surface area (Å²) in [7, 11) is 0. The van der Waals surface area contributed by atoms with Crippen LogP contribution in [-0.2, 0) is 11.2 Å². The molecule has 2 aromatic rings. The summed E-state index contributed by atoms with van der Waals surface area (Å²) in [6, 6.07) is 8.09. The van der Waals surface area contributed by atoms with Crippen LogP contribution in [-0.4, -0.2) is 64.6 Å². The Kier molecular flexibility index (Phi) is 5.16. The average molecular weight is 343 g/mol. The molecule has 5 heteroatoms. The van der Waals surface area contributed by atoms with Crippen LogP contribution in [0.3, 0.4) is 0 Å². The predicted molar refractivity (Wildman–Crippen MR) is 100 cm³/mol. The van der Waals surface area contributed by atoms with Crippen molar-refractivity contribution in [2.75, 3.05) is 32.7 Å². The fourth-order valence-electron chi connectivity index (χ4n) is 3.25. The van der Waals surface area contributed by atoms with Crippen molar-refractivity contribution in [1.82, 2.24) is 14.8 Å². The van der Waals surface area contributed by atoms with Gasteiger partial charge in [0.25, 0.3) is 0 Å². The van der Waals surface area contributed by atoms with E-state index in [-0.39, 0.29) is 17.4 Å². The third kappa shape index (κ3) is 4.22. The first-order valence-corrected chi connectivity index (χ1v) is 9.08. The van der Waals surface area contributed by atoms with E-state index in [1.54, 1.807) is 0 Å². The Morgan fingerprint density at radius 2 is 1.88 bits per heavy atom. The molecule has 136 valence electrons. The van der Waals surface area contributed by atoms with Gasteiger partial charge in [0.1, 0.15) is 0 Å². The number of β-amino-alcohol motifs (C(OH)–C–C–N with tert-alkyl or cyclic N) is 1. The van der Waals surface area contributed by atoms with Gasteiger partial charge in [0.05, 0.1) is 12.5 Å². The van der Waals surface area contributed by atoms with Crippen molar-refractivity contribution in [3.8, 4) is 0 Å². The molecule has 1 aromatic heterocycles. The van der Waals surface area contributed by atoms with Crippen LogP contribution in [0.5, 0.6) is 0 Å². The van der Waals surface area contributed by atoms with E-state index >= 15 is 0 Å². The van der Waals surface area contributed by atoms with E-state index < -0.39 is 0 Å². The van der Waals surface area contributed by atoms with Crippen molar-refractivity contribution in [3.63, 3.8) is 0 Å². The van der Waals surface area contributed by atoms with E-state index in [1.165, 1.54) is 0 Å². The minimum Gasteiger partial charge on any atom is -0.391 e. The molecular weight excluding hydrogens is 314 g/mol. The van der Waals surface area contributed by atoms with E-state index in [0.717, 1.165) is 42.6 Å². The number of fused-ring (bicyclic) bond motifs is 1. The van der Waals surface area contributed by atoms with Crippen molar-refractivity contribution in [2.24, 2.45) is 5.41 Å². The molecule has 3 rings (SSSR count). The molecule has 1 fully saturated rings. The van der Waals surface area contributed by atoms with Gasteiger partial charge in [-0.2, -0.15) is 0 Å². The highest BCUT2D eigenvalue weighted by Gasteiger charge is 2.27. The standard InChI is InChI=1S/C20H29N3O2/c1-20(2,3)18(24)14-22-8-10-23(11-9-22)19(25)12-15-13-21-17-7-5-4-6-16(15)17/h4-7,13,18,21,24H,8-12,14H2,1-3H3/t18-/m0/s1. The number of H-pyrrole nitrogens is 1. The highest BCUT2D eigenvalue weighted by atomic mass is 16.3. The van der Waals surface area contributed by atoms with E-state index in [2.05, 4.69) is 36.7 Å². The van der Waals surface area contributed by atoms with Crippen LogP contribution in [0.15, 0.2) is 30.5 Å². The van der Waals surface area contributed by atoms with E-state index in [4.69, 9.17) is 0 Å². The smallest absolute Gasteiger partial charge is 0.227 e. The zero-order valence-electron chi connectivity index (χ0n) is 15.5. The van der Waals surface area contributed by atoms with Crippen LogP contribution in [0.1, 0.15) is 26.3 Å². The summed E-state index contributed by atoms with van der Waals surface area (Å²) < 4.78 is 0. The summed E-state index contributed by atoms with van der Waals surface area (Å²) >= 11 is 0. The van der Waals surface area contributed by atoms with Gasteiger partial charge >= 0.3 is 0 Å². The summed E-state index contributed by atoms with van der Waals surface area (Å²) in [6.45, 7) is 9.96. The molecule has 0 aliphatic carbocycles. The number of rotatable bonds is 4. The zero-order valence-corrected chi connectivity index (χ0v) is 15.5. The first kappa shape index (κ1) is 18.0. The SMILES string of the molecule is CC(C)(C)[C@@H](O)CN1CCN(C(=O)Cc2c[nH]c3ccccc23)CC1. The molecule has 5 nitrogen and oxygen atoms in total. The molecule has 2 heterocycles. The highest BCUT2D eigenvalue weighted by molar-refractivity contribution is 5.88. The molecule has 1 aliphatic rings. The maximum atomic E-state index is 12.6. The first-order valence-electron chi connectivity index (χ1n) is 9.08. The number of aromatic nitrogens is 1. The lowest BCUT2D eigenvalue weighted by molar-refractivity contribution is -0.132. The summed E-state index contributed by atoms with van der Waals surface area (Å²) in [5.74, 6) is 0.181. The molecule has 0 spiro atoms.